The quantitative estimate of drug-likeness (QED) is 0.658. The van der Waals surface area contributed by atoms with Crippen LogP contribution in [-0.4, -0.2) is 26.0 Å². The van der Waals surface area contributed by atoms with Crippen LogP contribution in [0.3, 0.4) is 0 Å². The van der Waals surface area contributed by atoms with E-state index in [1.54, 1.807) is 18.2 Å². The Balaban J connectivity index is 1.94. The monoisotopic (exact) mass is 376 g/mol. The number of nitrogens with zero attached hydrogens (tertiary/aromatic N) is 1. The molecule has 1 heterocycles. The fraction of sp³-hybridized carbons (Fsp3) is 0.111. The zero-order valence-corrected chi connectivity index (χ0v) is 14.6. The van der Waals surface area contributed by atoms with Crippen molar-refractivity contribution in [1.82, 2.24) is 5.43 Å². The Labute approximate surface area is 153 Å². The number of halogens is 2. The molecule has 2 amide bonds. The fourth-order valence-electron chi connectivity index (χ4n) is 2.47. The highest BCUT2D eigenvalue weighted by atomic mass is 35.5. The topological polar surface area (TPSA) is 67.9 Å². The third-order valence-corrected chi connectivity index (χ3v) is 4.06. The predicted octanol–water partition coefficient (Wildman–Crippen LogP) is 2.96. The first-order valence-electron chi connectivity index (χ1n) is 7.49. The highest BCUT2D eigenvalue weighted by Gasteiger charge is 2.34. The molecule has 1 fully saturated rings. The second-order valence-electron chi connectivity index (χ2n) is 5.35. The minimum absolute atomic E-state index is 0.0716. The summed E-state index contributed by atoms with van der Waals surface area (Å²) in [6, 6.07) is 8.72. The van der Waals surface area contributed by atoms with Gasteiger partial charge in [-0.05, 0) is 42.0 Å². The molecule has 1 saturated heterocycles. The van der Waals surface area contributed by atoms with Gasteiger partial charge in [0.25, 0.3) is 11.8 Å². The van der Waals surface area contributed by atoms with E-state index in [4.69, 9.17) is 21.1 Å². The highest BCUT2D eigenvalue weighted by Crippen LogP contribution is 2.30. The van der Waals surface area contributed by atoms with E-state index in [1.165, 1.54) is 32.4 Å². The number of carbonyl (C=O) groups is 2. The summed E-state index contributed by atoms with van der Waals surface area (Å²) in [6.07, 6.45) is 1.44. The van der Waals surface area contributed by atoms with Gasteiger partial charge in [-0.15, -0.1) is 0 Å². The van der Waals surface area contributed by atoms with E-state index < -0.39 is 17.6 Å². The second-order valence-corrected chi connectivity index (χ2v) is 5.76. The zero-order chi connectivity index (χ0) is 18.8. The van der Waals surface area contributed by atoms with Crippen molar-refractivity contribution >= 4 is 35.2 Å². The van der Waals surface area contributed by atoms with Crippen LogP contribution in [0.2, 0.25) is 5.02 Å². The number of anilines is 1. The Morgan fingerprint density at radius 1 is 1.08 bits per heavy atom. The highest BCUT2D eigenvalue weighted by molar-refractivity contribution is 6.33. The van der Waals surface area contributed by atoms with Crippen LogP contribution in [-0.2, 0) is 9.59 Å². The molecule has 3 rings (SSSR count). The van der Waals surface area contributed by atoms with Crippen molar-refractivity contribution in [2.45, 2.75) is 0 Å². The van der Waals surface area contributed by atoms with Gasteiger partial charge in [-0.3, -0.25) is 15.0 Å². The minimum Gasteiger partial charge on any atom is -0.493 e. The summed E-state index contributed by atoms with van der Waals surface area (Å²) in [5.41, 5.74) is 3.19. The van der Waals surface area contributed by atoms with Crippen molar-refractivity contribution < 1.29 is 23.5 Å². The third kappa shape index (κ3) is 3.21. The lowest BCUT2D eigenvalue weighted by Crippen LogP contribution is -2.35. The molecule has 0 saturated carbocycles. The molecule has 2 aromatic rings. The van der Waals surface area contributed by atoms with Gasteiger partial charge in [-0.2, -0.15) is 0 Å². The molecule has 0 aromatic heterocycles. The van der Waals surface area contributed by atoms with Crippen LogP contribution in [0.15, 0.2) is 42.0 Å². The van der Waals surface area contributed by atoms with Crippen molar-refractivity contribution in [1.29, 1.82) is 0 Å². The Morgan fingerprint density at radius 2 is 1.81 bits per heavy atom. The molecule has 26 heavy (non-hydrogen) atoms. The molecule has 0 spiro atoms. The number of carbonyl (C=O) groups excluding carboxylic acids is 2. The van der Waals surface area contributed by atoms with Crippen molar-refractivity contribution in [2.75, 3.05) is 19.2 Å². The summed E-state index contributed by atoms with van der Waals surface area (Å²) in [6.45, 7) is 0. The Kier molecular flexibility index (Phi) is 4.81. The van der Waals surface area contributed by atoms with Crippen LogP contribution >= 0.6 is 11.6 Å². The zero-order valence-electron chi connectivity index (χ0n) is 13.9. The standard InChI is InChI=1S/C18H14ClFN2O4/c1-25-15-6-3-10(8-16(15)26-2)7-12-17(23)21-22(18(12)24)11-4-5-14(20)13(19)9-11/h3-9H,1-2H3,(H,21,23)/b12-7+. The van der Waals surface area contributed by atoms with Gasteiger partial charge < -0.3 is 9.47 Å². The van der Waals surface area contributed by atoms with Gasteiger partial charge in [0.1, 0.15) is 11.4 Å². The van der Waals surface area contributed by atoms with Crippen molar-refractivity contribution in [2.24, 2.45) is 0 Å². The number of rotatable bonds is 4. The Bertz CT molecular complexity index is 929. The molecule has 134 valence electrons. The van der Waals surface area contributed by atoms with Crippen LogP contribution < -0.4 is 19.9 Å². The number of methoxy groups -OCH3 is 2. The third-order valence-electron chi connectivity index (χ3n) is 3.77. The van der Waals surface area contributed by atoms with Crippen LogP contribution in [0.25, 0.3) is 6.08 Å². The van der Waals surface area contributed by atoms with Crippen LogP contribution in [0, 0.1) is 5.82 Å². The molecule has 0 atom stereocenters. The van der Waals surface area contributed by atoms with Gasteiger partial charge in [0.05, 0.1) is 24.9 Å². The van der Waals surface area contributed by atoms with Gasteiger partial charge in [-0.25, -0.2) is 9.40 Å². The van der Waals surface area contributed by atoms with Gasteiger partial charge in [0.15, 0.2) is 11.5 Å². The van der Waals surface area contributed by atoms with Gasteiger partial charge in [0.2, 0.25) is 0 Å². The van der Waals surface area contributed by atoms with E-state index in [0.717, 1.165) is 11.1 Å². The number of hydrogen-bond donors (Lipinski definition) is 1. The second kappa shape index (κ2) is 7.05. The molecule has 2 aromatic carbocycles. The average molecular weight is 377 g/mol. The molecule has 6 nitrogen and oxygen atoms in total. The summed E-state index contributed by atoms with van der Waals surface area (Å²) in [5, 5.41) is 0.863. The van der Waals surface area contributed by atoms with Crippen LogP contribution in [0.4, 0.5) is 10.1 Å². The lowest BCUT2D eigenvalue weighted by atomic mass is 10.1. The first-order valence-corrected chi connectivity index (χ1v) is 7.86. The van der Waals surface area contributed by atoms with Crippen molar-refractivity contribution in [3.05, 3.63) is 58.4 Å². The maximum atomic E-state index is 13.3. The predicted molar refractivity (Wildman–Crippen MR) is 94.6 cm³/mol. The number of hydrogen-bond acceptors (Lipinski definition) is 4. The van der Waals surface area contributed by atoms with Crippen molar-refractivity contribution in [3.8, 4) is 11.5 Å². The number of nitrogens with one attached hydrogen (secondary N) is 1. The summed E-state index contributed by atoms with van der Waals surface area (Å²) in [5.74, 6) is -0.776. The molecular weight excluding hydrogens is 363 g/mol. The number of amides is 2. The molecule has 0 unspecified atom stereocenters. The molecule has 1 aliphatic rings. The number of benzene rings is 2. The number of hydrazine groups is 1. The largest absolute Gasteiger partial charge is 0.493 e. The summed E-state index contributed by atoms with van der Waals surface area (Å²) < 4.78 is 23.7. The molecule has 0 radical (unpaired) electrons. The maximum absolute atomic E-state index is 13.3. The molecule has 1 aliphatic heterocycles. The normalized spacial score (nSPS) is 15.4. The van der Waals surface area contributed by atoms with E-state index >= 15 is 0 Å². The fourth-order valence-corrected chi connectivity index (χ4v) is 2.65. The van der Waals surface area contributed by atoms with E-state index in [1.807, 2.05) is 0 Å². The van der Waals surface area contributed by atoms with Gasteiger partial charge in [-0.1, -0.05) is 17.7 Å². The average Bonchev–Trinajstić information content (AvgIpc) is 2.92. The summed E-state index contributed by atoms with van der Waals surface area (Å²) >= 11 is 5.74. The summed E-state index contributed by atoms with van der Waals surface area (Å²) in [7, 11) is 3.00. The Hall–Kier alpha value is -3.06. The van der Waals surface area contributed by atoms with E-state index in [9.17, 15) is 14.0 Å². The molecule has 8 heteroatoms. The summed E-state index contributed by atoms with van der Waals surface area (Å²) in [4.78, 5) is 24.8. The number of ether oxygens (including phenoxy) is 2. The lowest BCUT2D eigenvalue weighted by Gasteiger charge is -2.14. The van der Waals surface area contributed by atoms with Gasteiger partial charge in [0, 0.05) is 0 Å². The molecule has 0 aliphatic carbocycles. The molecule has 0 bridgehead atoms. The van der Waals surface area contributed by atoms with Crippen molar-refractivity contribution in [3.63, 3.8) is 0 Å². The van der Waals surface area contributed by atoms with E-state index in [-0.39, 0.29) is 16.3 Å². The first-order chi connectivity index (χ1) is 12.4. The smallest absolute Gasteiger partial charge is 0.282 e. The molecule has 1 N–H and O–H groups in total. The minimum atomic E-state index is -0.616. The SMILES string of the molecule is COc1ccc(/C=C2\C(=O)NN(c3ccc(F)c(Cl)c3)C2=O)cc1OC. The van der Waals surface area contributed by atoms with E-state index in [0.29, 0.717) is 17.1 Å². The van der Waals surface area contributed by atoms with Crippen LogP contribution in [0.1, 0.15) is 5.56 Å². The first kappa shape index (κ1) is 17.8. The van der Waals surface area contributed by atoms with Crippen LogP contribution in [0.5, 0.6) is 11.5 Å². The van der Waals surface area contributed by atoms with Gasteiger partial charge >= 0.3 is 0 Å². The Morgan fingerprint density at radius 3 is 2.46 bits per heavy atom. The lowest BCUT2D eigenvalue weighted by molar-refractivity contribution is -0.117. The maximum Gasteiger partial charge on any atom is 0.282 e. The molecular formula is C18H14ClFN2O4. The van der Waals surface area contributed by atoms with E-state index in [2.05, 4.69) is 5.43 Å².